The second-order valence-corrected chi connectivity index (χ2v) is 5.84. The quantitative estimate of drug-likeness (QED) is 0.623. The molecule has 0 fully saturated rings. The molecule has 0 saturated heterocycles. The maximum Gasteiger partial charge on any atom is 0.123 e. The number of hydrogen-bond acceptors (Lipinski definition) is 2. The third kappa shape index (κ3) is 3.09. The van der Waals surface area contributed by atoms with Crippen LogP contribution in [0, 0.1) is 5.82 Å². The van der Waals surface area contributed by atoms with Gasteiger partial charge in [-0.15, -0.1) is 0 Å². The second kappa shape index (κ2) is 6.40. The van der Waals surface area contributed by atoms with Gasteiger partial charge in [-0.1, -0.05) is 25.1 Å². The Hall–Kier alpha value is -2.01. The summed E-state index contributed by atoms with van der Waals surface area (Å²) in [4.78, 5) is 4.44. The highest BCUT2D eigenvalue weighted by Crippen LogP contribution is 2.25. The fourth-order valence-electron chi connectivity index (χ4n) is 2.47. The zero-order valence-corrected chi connectivity index (χ0v) is 13.7. The normalized spacial score (nSPS) is 12.3. The molecule has 1 atom stereocenters. The molecule has 0 aliphatic carbocycles. The number of pyridine rings is 1. The van der Waals surface area contributed by atoms with Gasteiger partial charge in [0, 0.05) is 11.8 Å². The molecule has 2 heterocycles. The van der Waals surface area contributed by atoms with E-state index in [1.165, 1.54) is 12.1 Å². The number of nitrogens with zero attached hydrogens (tertiary/aromatic N) is 3. The number of benzene rings is 1. The van der Waals surface area contributed by atoms with Crippen LogP contribution < -0.4 is 0 Å². The van der Waals surface area contributed by atoms with Crippen LogP contribution in [0.15, 0.2) is 59.5 Å². The van der Waals surface area contributed by atoms with Crippen molar-refractivity contribution in [1.82, 2.24) is 14.8 Å². The first kappa shape index (κ1) is 14.9. The van der Waals surface area contributed by atoms with E-state index < -0.39 is 0 Å². The molecule has 3 nitrogen and oxygen atoms in total. The van der Waals surface area contributed by atoms with Gasteiger partial charge in [-0.05, 0) is 52.2 Å². The molecule has 3 rings (SSSR count). The predicted octanol–water partition coefficient (Wildman–Crippen LogP) is 4.85. The molecule has 3 aromatic rings. The highest BCUT2D eigenvalue weighted by Gasteiger charge is 2.14. The van der Waals surface area contributed by atoms with Gasteiger partial charge in [0.15, 0.2) is 0 Å². The van der Waals surface area contributed by atoms with Crippen molar-refractivity contribution in [2.24, 2.45) is 0 Å². The lowest BCUT2D eigenvalue weighted by atomic mass is 10.0. The maximum absolute atomic E-state index is 13.1. The van der Waals surface area contributed by atoms with E-state index in [0.717, 1.165) is 27.8 Å². The van der Waals surface area contributed by atoms with E-state index in [1.807, 2.05) is 41.2 Å². The van der Waals surface area contributed by atoms with Gasteiger partial charge < -0.3 is 0 Å². The average molecular weight is 360 g/mol. The summed E-state index contributed by atoms with van der Waals surface area (Å²) >= 11 is 3.38. The Kier molecular flexibility index (Phi) is 4.34. The van der Waals surface area contributed by atoms with Crippen molar-refractivity contribution in [2.75, 3.05) is 0 Å². The molecule has 5 heteroatoms. The zero-order valence-electron chi connectivity index (χ0n) is 12.1. The minimum absolute atomic E-state index is 0.0847. The average Bonchev–Trinajstić information content (AvgIpc) is 3.00. The standard InChI is InChI=1S/C17H15BrFN3/c1-2-16(12-6-8-14(19)9-7-12)22-11-13(10-20-22)15-4-3-5-17(18)21-15/h3-11,16H,2H2,1H3. The van der Waals surface area contributed by atoms with Crippen molar-refractivity contribution in [1.29, 1.82) is 0 Å². The molecular weight excluding hydrogens is 345 g/mol. The Bertz CT molecular complexity index is 768. The minimum atomic E-state index is -0.224. The molecule has 0 amide bonds. The van der Waals surface area contributed by atoms with E-state index >= 15 is 0 Å². The van der Waals surface area contributed by atoms with Gasteiger partial charge in [-0.25, -0.2) is 9.37 Å². The molecule has 2 aromatic heterocycles. The number of hydrogen-bond donors (Lipinski definition) is 0. The van der Waals surface area contributed by atoms with Gasteiger partial charge in [0.1, 0.15) is 10.4 Å². The second-order valence-electron chi connectivity index (χ2n) is 5.03. The summed E-state index contributed by atoms with van der Waals surface area (Å²) in [5.74, 6) is -0.224. The fraction of sp³-hybridized carbons (Fsp3) is 0.176. The van der Waals surface area contributed by atoms with Crippen LogP contribution in [0.1, 0.15) is 24.9 Å². The smallest absolute Gasteiger partial charge is 0.123 e. The van der Waals surface area contributed by atoms with E-state index in [1.54, 1.807) is 6.20 Å². The van der Waals surface area contributed by atoms with Crippen molar-refractivity contribution in [2.45, 2.75) is 19.4 Å². The molecule has 0 saturated carbocycles. The zero-order chi connectivity index (χ0) is 15.5. The summed E-state index contributed by atoms with van der Waals surface area (Å²) in [5, 5.41) is 4.46. The summed E-state index contributed by atoms with van der Waals surface area (Å²) in [7, 11) is 0. The lowest BCUT2D eigenvalue weighted by Gasteiger charge is -2.16. The molecular formula is C17H15BrFN3. The van der Waals surface area contributed by atoms with E-state index in [9.17, 15) is 4.39 Å². The Morgan fingerprint density at radius 2 is 1.95 bits per heavy atom. The topological polar surface area (TPSA) is 30.7 Å². The molecule has 0 N–H and O–H groups in total. The minimum Gasteiger partial charge on any atom is -0.265 e. The fourth-order valence-corrected chi connectivity index (χ4v) is 2.81. The van der Waals surface area contributed by atoms with Crippen LogP contribution in [0.4, 0.5) is 4.39 Å². The number of aromatic nitrogens is 3. The summed E-state index contributed by atoms with van der Waals surface area (Å²) in [6, 6.07) is 12.5. The largest absolute Gasteiger partial charge is 0.265 e. The lowest BCUT2D eigenvalue weighted by molar-refractivity contribution is 0.508. The summed E-state index contributed by atoms with van der Waals surface area (Å²) in [6.07, 6.45) is 4.66. The Morgan fingerprint density at radius 1 is 1.18 bits per heavy atom. The van der Waals surface area contributed by atoms with E-state index in [-0.39, 0.29) is 11.9 Å². The Balaban J connectivity index is 1.93. The van der Waals surface area contributed by atoms with Gasteiger partial charge in [0.05, 0.1) is 17.9 Å². The summed E-state index contributed by atoms with van der Waals surface area (Å²) in [6.45, 7) is 2.09. The van der Waals surface area contributed by atoms with Crippen LogP contribution in [-0.2, 0) is 0 Å². The highest BCUT2D eigenvalue weighted by atomic mass is 79.9. The molecule has 1 unspecified atom stereocenters. The third-order valence-electron chi connectivity index (χ3n) is 3.57. The summed E-state index contributed by atoms with van der Waals surface area (Å²) in [5.41, 5.74) is 2.87. The van der Waals surface area contributed by atoms with Crippen molar-refractivity contribution in [3.05, 3.63) is 70.8 Å². The van der Waals surface area contributed by atoms with E-state index in [0.29, 0.717) is 0 Å². The molecule has 0 bridgehead atoms. The molecule has 0 aliphatic heterocycles. The van der Waals surface area contributed by atoms with Gasteiger partial charge in [0.25, 0.3) is 0 Å². The van der Waals surface area contributed by atoms with Crippen LogP contribution in [-0.4, -0.2) is 14.8 Å². The van der Waals surface area contributed by atoms with Crippen molar-refractivity contribution in [3.8, 4) is 11.3 Å². The molecule has 112 valence electrons. The number of halogens is 2. The summed E-state index contributed by atoms with van der Waals surface area (Å²) < 4.78 is 15.8. The van der Waals surface area contributed by atoms with Crippen molar-refractivity contribution < 1.29 is 4.39 Å². The molecule has 0 aliphatic rings. The molecule has 22 heavy (non-hydrogen) atoms. The highest BCUT2D eigenvalue weighted by molar-refractivity contribution is 9.10. The molecule has 0 radical (unpaired) electrons. The van der Waals surface area contributed by atoms with Gasteiger partial charge >= 0.3 is 0 Å². The van der Waals surface area contributed by atoms with Gasteiger partial charge in [0.2, 0.25) is 0 Å². The van der Waals surface area contributed by atoms with Gasteiger partial charge in [-0.3, -0.25) is 4.68 Å². The van der Waals surface area contributed by atoms with Crippen LogP contribution >= 0.6 is 15.9 Å². The first-order valence-corrected chi connectivity index (χ1v) is 7.89. The Labute approximate surface area is 137 Å². The molecule has 0 spiro atoms. The lowest BCUT2D eigenvalue weighted by Crippen LogP contribution is -2.10. The third-order valence-corrected chi connectivity index (χ3v) is 4.01. The van der Waals surface area contributed by atoms with Crippen LogP contribution in [0.25, 0.3) is 11.3 Å². The van der Waals surface area contributed by atoms with Gasteiger partial charge in [-0.2, -0.15) is 5.10 Å². The maximum atomic E-state index is 13.1. The monoisotopic (exact) mass is 359 g/mol. The SMILES string of the molecule is CCC(c1ccc(F)cc1)n1cc(-c2cccc(Br)n2)cn1. The Morgan fingerprint density at radius 3 is 2.64 bits per heavy atom. The van der Waals surface area contributed by atoms with Crippen LogP contribution in [0.5, 0.6) is 0 Å². The first-order valence-electron chi connectivity index (χ1n) is 7.10. The van der Waals surface area contributed by atoms with E-state index in [4.69, 9.17) is 0 Å². The van der Waals surface area contributed by atoms with E-state index in [2.05, 4.69) is 32.9 Å². The van der Waals surface area contributed by atoms with Crippen molar-refractivity contribution >= 4 is 15.9 Å². The molecule has 1 aromatic carbocycles. The first-order chi connectivity index (χ1) is 10.7. The van der Waals surface area contributed by atoms with Crippen molar-refractivity contribution in [3.63, 3.8) is 0 Å². The number of rotatable bonds is 4. The predicted molar refractivity (Wildman–Crippen MR) is 88.0 cm³/mol. The van der Waals surface area contributed by atoms with Crippen LogP contribution in [0.2, 0.25) is 0 Å². The van der Waals surface area contributed by atoms with Crippen LogP contribution in [0.3, 0.4) is 0 Å².